The highest BCUT2D eigenvalue weighted by Gasteiger charge is 2.08. The predicted molar refractivity (Wildman–Crippen MR) is 45.7 cm³/mol. The van der Waals surface area contributed by atoms with Gasteiger partial charge in [0.25, 0.3) is 0 Å². The lowest BCUT2D eigenvalue weighted by atomic mass is 10.2. The first-order valence-corrected chi connectivity index (χ1v) is 4.38. The zero-order valence-electron chi connectivity index (χ0n) is 5.44. The Morgan fingerprint density at radius 2 is 2.18 bits per heavy atom. The van der Waals surface area contributed by atoms with Gasteiger partial charge in [0, 0.05) is 10.9 Å². The molecule has 1 nitrogen and oxygen atoms in total. The Kier molecular flexibility index (Phi) is 2.73. The van der Waals surface area contributed by atoms with Crippen LogP contribution in [-0.2, 0) is 5.33 Å². The van der Waals surface area contributed by atoms with Gasteiger partial charge in [0.1, 0.15) is 11.6 Å². The summed E-state index contributed by atoms with van der Waals surface area (Å²) in [5.41, 5.74) is 0.284. The summed E-state index contributed by atoms with van der Waals surface area (Å²) in [7, 11) is 0. The first kappa shape index (κ1) is 8.81. The van der Waals surface area contributed by atoms with Crippen LogP contribution in [0.25, 0.3) is 0 Å². The smallest absolute Gasteiger partial charge is 0.134 e. The summed E-state index contributed by atoms with van der Waals surface area (Å²) in [5, 5.41) is 9.41. The van der Waals surface area contributed by atoms with E-state index in [1.807, 2.05) is 0 Å². The van der Waals surface area contributed by atoms with E-state index in [0.29, 0.717) is 5.33 Å². The van der Waals surface area contributed by atoms with Gasteiger partial charge in [-0.15, -0.1) is 0 Å². The summed E-state index contributed by atoms with van der Waals surface area (Å²) in [4.78, 5) is 0. The fourth-order valence-electron chi connectivity index (χ4n) is 0.708. The maximum atomic E-state index is 12.8. The van der Waals surface area contributed by atoms with Crippen LogP contribution in [0.5, 0.6) is 5.75 Å². The van der Waals surface area contributed by atoms with Crippen molar-refractivity contribution >= 4 is 27.5 Å². The van der Waals surface area contributed by atoms with E-state index in [1.54, 1.807) is 0 Å². The third kappa shape index (κ3) is 1.65. The van der Waals surface area contributed by atoms with Crippen LogP contribution in [-0.4, -0.2) is 5.11 Å². The second kappa shape index (κ2) is 3.41. The highest BCUT2D eigenvalue weighted by Crippen LogP contribution is 2.30. The number of aromatic hydroxyl groups is 1. The lowest BCUT2D eigenvalue weighted by Gasteiger charge is -2.02. The maximum Gasteiger partial charge on any atom is 0.134 e. The second-order valence-electron chi connectivity index (χ2n) is 1.99. The molecule has 1 aromatic rings. The monoisotopic (exact) mass is 238 g/mol. The highest BCUT2D eigenvalue weighted by molar-refractivity contribution is 9.08. The van der Waals surface area contributed by atoms with Gasteiger partial charge in [-0.2, -0.15) is 0 Å². The minimum Gasteiger partial charge on any atom is -0.506 e. The van der Waals surface area contributed by atoms with Crippen molar-refractivity contribution in [3.63, 3.8) is 0 Å². The minimum atomic E-state index is -0.412. The number of hydrogen-bond acceptors (Lipinski definition) is 1. The van der Waals surface area contributed by atoms with E-state index in [9.17, 15) is 4.39 Å². The molecule has 60 valence electrons. The van der Waals surface area contributed by atoms with Crippen LogP contribution in [0.1, 0.15) is 5.56 Å². The molecule has 11 heavy (non-hydrogen) atoms. The number of hydrogen-bond donors (Lipinski definition) is 1. The number of halogens is 3. The Morgan fingerprint density at radius 3 is 2.64 bits per heavy atom. The first-order chi connectivity index (χ1) is 5.16. The van der Waals surface area contributed by atoms with Crippen molar-refractivity contribution in [3.05, 3.63) is 28.5 Å². The Hall–Kier alpha value is -0.280. The van der Waals surface area contributed by atoms with E-state index < -0.39 is 5.82 Å². The normalized spacial score (nSPS) is 10.1. The zero-order valence-corrected chi connectivity index (χ0v) is 7.78. The summed E-state index contributed by atoms with van der Waals surface area (Å²) < 4.78 is 12.8. The Bertz CT molecular complexity index is 277. The van der Waals surface area contributed by atoms with E-state index in [4.69, 9.17) is 16.7 Å². The number of phenolic OH excluding ortho intramolecular Hbond substituents is 1. The van der Waals surface area contributed by atoms with Crippen molar-refractivity contribution in [2.24, 2.45) is 0 Å². The van der Waals surface area contributed by atoms with Crippen molar-refractivity contribution in [3.8, 4) is 5.75 Å². The van der Waals surface area contributed by atoms with Gasteiger partial charge in [-0.3, -0.25) is 0 Å². The van der Waals surface area contributed by atoms with Gasteiger partial charge in [-0.25, -0.2) is 4.39 Å². The first-order valence-electron chi connectivity index (χ1n) is 2.88. The molecular formula is C7H5BrClFO. The quantitative estimate of drug-likeness (QED) is 0.747. The molecule has 0 saturated carbocycles. The molecule has 0 atom stereocenters. The molecule has 0 heterocycles. The molecule has 0 aliphatic carbocycles. The van der Waals surface area contributed by atoms with Crippen LogP contribution < -0.4 is 0 Å². The van der Waals surface area contributed by atoms with Crippen LogP contribution in [0.15, 0.2) is 12.1 Å². The lowest BCUT2D eigenvalue weighted by Crippen LogP contribution is -1.86. The van der Waals surface area contributed by atoms with Crippen molar-refractivity contribution in [2.75, 3.05) is 0 Å². The molecule has 0 aromatic heterocycles. The second-order valence-corrected chi connectivity index (χ2v) is 2.93. The largest absolute Gasteiger partial charge is 0.506 e. The van der Waals surface area contributed by atoms with Gasteiger partial charge in [0.05, 0.1) is 5.02 Å². The molecule has 1 aromatic carbocycles. The van der Waals surface area contributed by atoms with Gasteiger partial charge < -0.3 is 5.11 Å². The molecule has 0 fully saturated rings. The molecule has 0 aliphatic rings. The standard InChI is InChI=1S/C7H5BrClFO/c8-3-4-5(10)1-2-6(11)7(4)9/h1-2,11H,3H2. The van der Waals surface area contributed by atoms with E-state index in [0.717, 1.165) is 0 Å². The Morgan fingerprint density at radius 1 is 1.55 bits per heavy atom. The molecule has 1 rings (SSSR count). The predicted octanol–water partition coefficient (Wildman–Crippen LogP) is 3.08. The summed E-state index contributed by atoms with van der Waals surface area (Å²) >= 11 is 8.64. The molecule has 0 saturated heterocycles. The third-order valence-corrected chi connectivity index (χ3v) is 2.28. The van der Waals surface area contributed by atoms with Gasteiger partial charge in [-0.05, 0) is 12.1 Å². The molecule has 0 amide bonds. The zero-order chi connectivity index (χ0) is 8.43. The maximum absolute atomic E-state index is 12.8. The molecule has 0 bridgehead atoms. The summed E-state index contributed by atoms with van der Waals surface area (Å²) in [6.07, 6.45) is 0. The number of phenols is 1. The topological polar surface area (TPSA) is 20.2 Å². The summed E-state index contributed by atoms with van der Waals surface area (Å²) in [6, 6.07) is 2.40. The molecule has 1 N–H and O–H groups in total. The van der Waals surface area contributed by atoms with Gasteiger partial charge in [0.2, 0.25) is 0 Å². The number of benzene rings is 1. The van der Waals surface area contributed by atoms with Crippen LogP contribution in [0, 0.1) is 5.82 Å². The minimum absolute atomic E-state index is 0.0712. The Labute approximate surface area is 76.9 Å². The summed E-state index contributed by atoms with van der Waals surface area (Å²) in [6.45, 7) is 0. The highest BCUT2D eigenvalue weighted by atomic mass is 79.9. The van der Waals surface area contributed by atoms with Gasteiger partial charge in [-0.1, -0.05) is 27.5 Å². The SMILES string of the molecule is Oc1ccc(F)c(CBr)c1Cl. The van der Waals surface area contributed by atoms with Gasteiger partial charge in [0.15, 0.2) is 0 Å². The van der Waals surface area contributed by atoms with Crippen molar-refractivity contribution in [1.82, 2.24) is 0 Å². The number of alkyl halides is 1. The fraction of sp³-hybridized carbons (Fsp3) is 0.143. The van der Waals surface area contributed by atoms with Crippen molar-refractivity contribution in [2.45, 2.75) is 5.33 Å². The molecule has 0 radical (unpaired) electrons. The van der Waals surface area contributed by atoms with Crippen LogP contribution in [0.2, 0.25) is 5.02 Å². The lowest BCUT2D eigenvalue weighted by molar-refractivity contribution is 0.472. The molecule has 0 aliphatic heterocycles. The van der Waals surface area contributed by atoms with Crippen LogP contribution in [0.3, 0.4) is 0 Å². The van der Waals surface area contributed by atoms with E-state index in [2.05, 4.69) is 15.9 Å². The number of rotatable bonds is 1. The molecule has 4 heteroatoms. The van der Waals surface area contributed by atoms with Crippen LogP contribution in [0.4, 0.5) is 4.39 Å². The average Bonchev–Trinajstić information content (AvgIpc) is 1.99. The van der Waals surface area contributed by atoms with Crippen molar-refractivity contribution in [1.29, 1.82) is 0 Å². The van der Waals surface area contributed by atoms with Gasteiger partial charge >= 0.3 is 0 Å². The molecule has 0 spiro atoms. The van der Waals surface area contributed by atoms with Crippen molar-refractivity contribution < 1.29 is 9.50 Å². The van der Waals surface area contributed by atoms with E-state index in [-0.39, 0.29) is 16.3 Å². The average molecular weight is 239 g/mol. The van der Waals surface area contributed by atoms with E-state index >= 15 is 0 Å². The summed E-state index contributed by atoms with van der Waals surface area (Å²) in [5.74, 6) is -0.507. The van der Waals surface area contributed by atoms with E-state index in [1.165, 1.54) is 12.1 Å². The third-order valence-electron chi connectivity index (χ3n) is 1.30. The molecule has 0 unspecified atom stereocenters. The molecular weight excluding hydrogens is 234 g/mol. The van der Waals surface area contributed by atoms with Crippen LogP contribution >= 0.6 is 27.5 Å². The Balaban J connectivity index is 3.29. The fourth-order valence-corrected chi connectivity index (χ4v) is 1.64.